The van der Waals surface area contributed by atoms with Gasteiger partial charge < -0.3 is 14.0 Å². The third-order valence-corrected chi connectivity index (χ3v) is 4.97. The first-order valence-corrected chi connectivity index (χ1v) is 9.30. The molecule has 1 aliphatic rings. The first-order chi connectivity index (χ1) is 14.2. The molecule has 0 fully saturated rings. The molecule has 2 aromatic heterocycles. The molecule has 1 aliphatic heterocycles. The molecule has 0 unspecified atom stereocenters. The Kier molecular flexibility index (Phi) is 4.33. The predicted molar refractivity (Wildman–Crippen MR) is 104 cm³/mol. The maximum atomic E-state index is 6.07. The second-order valence-electron chi connectivity index (χ2n) is 6.94. The Hall–Kier alpha value is -3.52. The average molecular weight is 389 g/mol. The standard InChI is InChI=1S/C21H19N5O3/c1-13-5-3-7-15(9-13)20-22-21(29-24-20)19-17-12-28-18(11-26(17)25-23-19)14-6-4-8-16(10-14)27-2/h3-10,18H,11-12H2,1-2H3/t18-/m1/s1. The van der Waals surface area contributed by atoms with Crippen LogP contribution in [0, 0.1) is 6.92 Å². The molecule has 29 heavy (non-hydrogen) atoms. The monoisotopic (exact) mass is 389 g/mol. The number of ether oxygens (including phenoxy) is 2. The van der Waals surface area contributed by atoms with E-state index in [1.165, 1.54) is 0 Å². The summed E-state index contributed by atoms with van der Waals surface area (Å²) in [6, 6.07) is 15.8. The Morgan fingerprint density at radius 1 is 1.14 bits per heavy atom. The zero-order valence-electron chi connectivity index (χ0n) is 16.1. The summed E-state index contributed by atoms with van der Waals surface area (Å²) in [4.78, 5) is 4.51. The number of methoxy groups -OCH3 is 1. The molecule has 8 heteroatoms. The van der Waals surface area contributed by atoms with Gasteiger partial charge in [-0.15, -0.1) is 5.10 Å². The lowest BCUT2D eigenvalue weighted by molar-refractivity contribution is -0.00127. The molecule has 146 valence electrons. The van der Waals surface area contributed by atoms with Crippen molar-refractivity contribution >= 4 is 0 Å². The summed E-state index contributed by atoms with van der Waals surface area (Å²) in [6.45, 7) is 2.93. The number of nitrogens with zero attached hydrogens (tertiary/aromatic N) is 5. The highest BCUT2D eigenvalue weighted by Gasteiger charge is 2.28. The minimum absolute atomic E-state index is 0.127. The van der Waals surface area contributed by atoms with Gasteiger partial charge in [0.15, 0.2) is 5.69 Å². The normalized spacial score (nSPS) is 15.9. The lowest BCUT2D eigenvalue weighted by Gasteiger charge is -2.24. The van der Waals surface area contributed by atoms with Gasteiger partial charge >= 0.3 is 0 Å². The zero-order valence-corrected chi connectivity index (χ0v) is 16.1. The van der Waals surface area contributed by atoms with E-state index in [0.717, 1.165) is 28.1 Å². The number of aryl methyl sites for hydroxylation is 1. The zero-order chi connectivity index (χ0) is 19.8. The minimum atomic E-state index is -0.127. The molecular weight excluding hydrogens is 370 g/mol. The van der Waals surface area contributed by atoms with E-state index < -0.39 is 0 Å². The molecule has 0 radical (unpaired) electrons. The van der Waals surface area contributed by atoms with Crippen LogP contribution in [-0.2, 0) is 17.9 Å². The van der Waals surface area contributed by atoms with Crippen molar-refractivity contribution < 1.29 is 14.0 Å². The van der Waals surface area contributed by atoms with E-state index in [2.05, 4.69) is 20.5 Å². The Morgan fingerprint density at radius 2 is 2.03 bits per heavy atom. The number of benzene rings is 2. The van der Waals surface area contributed by atoms with Crippen LogP contribution in [0.3, 0.4) is 0 Å². The molecular formula is C21H19N5O3. The first kappa shape index (κ1) is 17.6. The molecule has 0 aliphatic carbocycles. The highest BCUT2D eigenvalue weighted by Crippen LogP contribution is 2.32. The van der Waals surface area contributed by atoms with E-state index in [-0.39, 0.29) is 6.10 Å². The average Bonchev–Trinajstić information content (AvgIpc) is 3.40. The van der Waals surface area contributed by atoms with Gasteiger partial charge in [-0.05, 0) is 30.7 Å². The van der Waals surface area contributed by atoms with E-state index >= 15 is 0 Å². The second-order valence-corrected chi connectivity index (χ2v) is 6.94. The first-order valence-electron chi connectivity index (χ1n) is 9.30. The Labute approximate surface area is 167 Å². The van der Waals surface area contributed by atoms with Crippen LogP contribution in [0.4, 0.5) is 0 Å². The fourth-order valence-electron chi connectivity index (χ4n) is 3.44. The van der Waals surface area contributed by atoms with Crippen LogP contribution in [0.1, 0.15) is 22.9 Å². The van der Waals surface area contributed by atoms with Crippen molar-refractivity contribution in [3.63, 3.8) is 0 Å². The van der Waals surface area contributed by atoms with Crippen LogP contribution >= 0.6 is 0 Å². The summed E-state index contributed by atoms with van der Waals surface area (Å²) < 4.78 is 18.7. The van der Waals surface area contributed by atoms with Crippen LogP contribution in [0.5, 0.6) is 5.75 Å². The third kappa shape index (κ3) is 3.27. The molecule has 0 N–H and O–H groups in total. The van der Waals surface area contributed by atoms with E-state index in [9.17, 15) is 0 Å². The van der Waals surface area contributed by atoms with Crippen molar-refractivity contribution in [3.8, 4) is 28.7 Å². The molecule has 0 saturated carbocycles. The molecule has 5 rings (SSSR count). The fourth-order valence-corrected chi connectivity index (χ4v) is 3.44. The Bertz CT molecular complexity index is 1170. The summed E-state index contributed by atoms with van der Waals surface area (Å²) in [5, 5.41) is 12.6. The lowest BCUT2D eigenvalue weighted by Crippen LogP contribution is -2.22. The summed E-state index contributed by atoms with van der Waals surface area (Å²) in [5.41, 5.74) is 4.44. The summed E-state index contributed by atoms with van der Waals surface area (Å²) in [7, 11) is 1.65. The SMILES string of the molecule is COc1cccc([C@H]2Cn3nnc(-c4nc(-c5cccc(C)c5)no4)c3CO2)c1. The van der Waals surface area contributed by atoms with Gasteiger partial charge in [0.2, 0.25) is 5.82 Å². The minimum Gasteiger partial charge on any atom is -0.497 e. The summed E-state index contributed by atoms with van der Waals surface area (Å²) >= 11 is 0. The number of aromatic nitrogens is 5. The van der Waals surface area contributed by atoms with Crippen molar-refractivity contribution in [2.45, 2.75) is 26.2 Å². The summed E-state index contributed by atoms with van der Waals surface area (Å²) in [5.74, 6) is 1.66. The van der Waals surface area contributed by atoms with Gasteiger partial charge in [-0.25, -0.2) is 4.68 Å². The van der Waals surface area contributed by atoms with Gasteiger partial charge in [-0.2, -0.15) is 4.98 Å². The van der Waals surface area contributed by atoms with Crippen molar-refractivity contribution in [1.82, 2.24) is 25.1 Å². The molecule has 4 aromatic rings. The lowest BCUT2D eigenvalue weighted by atomic mass is 10.1. The van der Waals surface area contributed by atoms with E-state index in [4.69, 9.17) is 14.0 Å². The van der Waals surface area contributed by atoms with E-state index in [1.807, 2.05) is 60.1 Å². The molecule has 0 spiro atoms. The molecule has 0 amide bonds. The molecule has 8 nitrogen and oxygen atoms in total. The van der Waals surface area contributed by atoms with Crippen LogP contribution in [0.15, 0.2) is 53.1 Å². The largest absolute Gasteiger partial charge is 0.497 e. The van der Waals surface area contributed by atoms with Gasteiger partial charge in [0.05, 0.1) is 26.0 Å². The van der Waals surface area contributed by atoms with Crippen molar-refractivity contribution in [1.29, 1.82) is 0 Å². The molecule has 0 saturated heterocycles. The highest BCUT2D eigenvalue weighted by molar-refractivity contribution is 5.59. The van der Waals surface area contributed by atoms with Crippen LogP contribution in [0.2, 0.25) is 0 Å². The predicted octanol–water partition coefficient (Wildman–Crippen LogP) is 3.58. The smallest absolute Gasteiger partial charge is 0.280 e. The Morgan fingerprint density at radius 3 is 2.90 bits per heavy atom. The quantitative estimate of drug-likeness (QED) is 0.527. The Balaban J connectivity index is 1.41. The maximum Gasteiger partial charge on any atom is 0.280 e. The number of hydrogen-bond acceptors (Lipinski definition) is 7. The van der Waals surface area contributed by atoms with Crippen LogP contribution < -0.4 is 4.74 Å². The molecule has 3 heterocycles. The molecule has 1 atom stereocenters. The van der Waals surface area contributed by atoms with Crippen molar-refractivity contribution in [3.05, 3.63) is 65.4 Å². The van der Waals surface area contributed by atoms with Crippen LogP contribution in [-0.4, -0.2) is 32.2 Å². The van der Waals surface area contributed by atoms with Gasteiger partial charge in [0.1, 0.15) is 11.9 Å². The number of rotatable bonds is 4. The van der Waals surface area contributed by atoms with Gasteiger partial charge in [0.25, 0.3) is 5.89 Å². The van der Waals surface area contributed by atoms with Crippen molar-refractivity contribution in [2.24, 2.45) is 0 Å². The topological polar surface area (TPSA) is 88.1 Å². The van der Waals surface area contributed by atoms with Gasteiger partial charge in [-0.3, -0.25) is 0 Å². The highest BCUT2D eigenvalue weighted by atomic mass is 16.5. The van der Waals surface area contributed by atoms with Crippen molar-refractivity contribution in [2.75, 3.05) is 7.11 Å². The number of hydrogen-bond donors (Lipinski definition) is 0. The third-order valence-electron chi connectivity index (χ3n) is 4.97. The van der Waals surface area contributed by atoms with Crippen LogP contribution in [0.25, 0.3) is 23.0 Å². The van der Waals surface area contributed by atoms with Gasteiger partial charge in [0, 0.05) is 5.56 Å². The maximum absolute atomic E-state index is 6.07. The van der Waals surface area contributed by atoms with Gasteiger partial charge in [-0.1, -0.05) is 46.3 Å². The van der Waals surface area contributed by atoms with E-state index in [0.29, 0.717) is 30.6 Å². The summed E-state index contributed by atoms with van der Waals surface area (Å²) in [6.07, 6.45) is -0.127. The number of fused-ring (bicyclic) bond motifs is 1. The second kappa shape index (κ2) is 7.14. The fraction of sp³-hybridized carbons (Fsp3) is 0.238. The molecule has 0 bridgehead atoms. The van der Waals surface area contributed by atoms with E-state index in [1.54, 1.807) is 7.11 Å². The molecule has 2 aromatic carbocycles.